The number of aliphatic hydroxyl groups excluding tert-OH is 1. The maximum Gasteiger partial charge on any atom is 0.157 e. The van der Waals surface area contributed by atoms with Gasteiger partial charge in [-0.05, 0) is 44.4 Å². The van der Waals surface area contributed by atoms with Crippen molar-refractivity contribution in [1.82, 2.24) is 5.16 Å². The molecule has 120 valence electrons. The molecule has 1 heterocycles. The van der Waals surface area contributed by atoms with Crippen molar-refractivity contribution in [3.63, 3.8) is 0 Å². The normalized spacial score (nSPS) is 13.3. The molecule has 2 rings (SSSR count). The van der Waals surface area contributed by atoms with Crippen LogP contribution in [0.15, 0.2) is 22.7 Å². The van der Waals surface area contributed by atoms with Gasteiger partial charge in [-0.1, -0.05) is 23.4 Å². The summed E-state index contributed by atoms with van der Waals surface area (Å²) in [4.78, 5) is 0. The van der Waals surface area contributed by atoms with Crippen molar-refractivity contribution in [3.05, 3.63) is 51.9 Å². The van der Waals surface area contributed by atoms with Gasteiger partial charge in [0, 0.05) is 5.56 Å². The predicted octanol–water partition coefficient (Wildman–Crippen LogP) is 2.56. The Morgan fingerprint density at radius 3 is 2.41 bits per heavy atom. The number of nitrogens with zero attached hydrogens (tertiary/aromatic N) is 1. The number of aryl methyl sites for hydroxylation is 4. The predicted molar refractivity (Wildman–Crippen MR) is 84.3 cm³/mol. The lowest BCUT2D eigenvalue weighted by Gasteiger charge is -2.13. The van der Waals surface area contributed by atoms with Crippen LogP contribution in [0.25, 0.3) is 0 Å². The molecule has 6 heteroatoms. The third-order valence-electron chi connectivity index (χ3n) is 3.87. The first-order valence-corrected chi connectivity index (χ1v) is 8.89. The number of sulfone groups is 1. The van der Waals surface area contributed by atoms with Crippen molar-refractivity contribution in [1.29, 1.82) is 0 Å². The summed E-state index contributed by atoms with van der Waals surface area (Å²) in [7, 11) is -3.47. The fraction of sp³-hybridized carbons (Fsp3) is 0.438. The van der Waals surface area contributed by atoms with E-state index in [0.717, 1.165) is 11.1 Å². The van der Waals surface area contributed by atoms with Gasteiger partial charge in [-0.25, -0.2) is 8.42 Å². The maximum absolute atomic E-state index is 12.3. The Bertz CT molecular complexity index is 758. The topological polar surface area (TPSA) is 80.4 Å². The van der Waals surface area contributed by atoms with E-state index in [1.54, 1.807) is 19.9 Å². The van der Waals surface area contributed by atoms with Crippen LogP contribution in [0.3, 0.4) is 0 Å². The molecule has 0 saturated heterocycles. The molecule has 22 heavy (non-hydrogen) atoms. The van der Waals surface area contributed by atoms with Gasteiger partial charge in [-0.3, -0.25) is 0 Å². The fourth-order valence-electron chi connectivity index (χ4n) is 2.30. The zero-order valence-electron chi connectivity index (χ0n) is 13.3. The Kier molecular flexibility index (Phi) is 4.72. The summed E-state index contributed by atoms with van der Waals surface area (Å²) in [6.45, 7) is 7.30. The highest BCUT2D eigenvalue weighted by Gasteiger charge is 2.23. The largest absolute Gasteiger partial charge is 0.387 e. The molecule has 0 radical (unpaired) electrons. The molecule has 2 aromatic rings. The van der Waals surface area contributed by atoms with E-state index in [4.69, 9.17) is 4.52 Å². The molecule has 0 bridgehead atoms. The summed E-state index contributed by atoms with van der Waals surface area (Å²) < 4.78 is 29.6. The van der Waals surface area contributed by atoms with Gasteiger partial charge >= 0.3 is 0 Å². The Labute approximate surface area is 130 Å². The summed E-state index contributed by atoms with van der Waals surface area (Å²) in [5.74, 6) is 0.0112. The molecule has 1 aromatic heterocycles. The van der Waals surface area contributed by atoms with Crippen LogP contribution in [0, 0.1) is 27.7 Å². The van der Waals surface area contributed by atoms with E-state index in [1.807, 2.05) is 26.0 Å². The highest BCUT2D eigenvalue weighted by molar-refractivity contribution is 7.90. The molecule has 0 aliphatic rings. The molecular weight excluding hydrogens is 302 g/mol. The first kappa shape index (κ1) is 16.7. The second kappa shape index (κ2) is 6.22. The molecule has 1 N–H and O–H groups in total. The van der Waals surface area contributed by atoms with E-state index >= 15 is 0 Å². The first-order valence-electron chi connectivity index (χ1n) is 7.07. The van der Waals surface area contributed by atoms with E-state index < -0.39 is 15.9 Å². The van der Waals surface area contributed by atoms with Crippen LogP contribution in [-0.2, 0) is 15.6 Å². The SMILES string of the molecule is Cc1ccc([C@@H](O)CS(=O)(=O)Cc2c(C)noc2C)cc1C. The number of hydrogen-bond acceptors (Lipinski definition) is 5. The van der Waals surface area contributed by atoms with Gasteiger partial charge in [0.15, 0.2) is 9.84 Å². The molecule has 0 saturated carbocycles. The Hall–Kier alpha value is -1.66. The van der Waals surface area contributed by atoms with E-state index in [9.17, 15) is 13.5 Å². The second-order valence-corrected chi connectivity index (χ2v) is 7.83. The van der Waals surface area contributed by atoms with Crippen molar-refractivity contribution in [3.8, 4) is 0 Å². The van der Waals surface area contributed by atoms with Gasteiger partial charge in [0.05, 0.1) is 23.3 Å². The van der Waals surface area contributed by atoms with Crippen LogP contribution >= 0.6 is 0 Å². The minimum absolute atomic E-state index is 0.171. The van der Waals surface area contributed by atoms with Gasteiger partial charge in [-0.15, -0.1) is 0 Å². The molecule has 5 nitrogen and oxygen atoms in total. The number of hydrogen-bond donors (Lipinski definition) is 1. The number of aliphatic hydroxyl groups is 1. The summed E-state index contributed by atoms with van der Waals surface area (Å²) in [6, 6.07) is 5.47. The number of benzene rings is 1. The van der Waals surface area contributed by atoms with Gasteiger partial charge in [0.1, 0.15) is 5.76 Å². The minimum atomic E-state index is -3.47. The minimum Gasteiger partial charge on any atom is -0.387 e. The van der Waals surface area contributed by atoms with Crippen molar-refractivity contribution in [2.75, 3.05) is 5.75 Å². The van der Waals surface area contributed by atoms with Crippen molar-refractivity contribution in [2.45, 2.75) is 39.6 Å². The summed E-state index contributed by atoms with van der Waals surface area (Å²) >= 11 is 0. The van der Waals surface area contributed by atoms with Gasteiger partial charge < -0.3 is 9.63 Å². The molecule has 1 atom stereocenters. The van der Waals surface area contributed by atoms with Gasteiger partial charge in [0.25, 0.3) is 0 Å². The van der Waals surface area contributed by atoms with Gasteiger partial charge in [0.2, 0.25) is 0 Å². The summed E-state index contributed by atoms with van der Waals surface area (Å²) in [5, 5.41) is 14.0. The molecule has 0 amide bonds. The van der Waals surface area contributed by atoms with Crippen LogP contribution in [0.4, 0.5) is 0 Å². The van der Waals surface area contributed by atoms with E-state index in [2.05, 4.69) is 5.16 Å². The lowest BCUT2D eigenvalue weighted by atomic mass is 10.0. The second-order valence-electron chi connectivity index (χ2n) is 5.72. The Morgan fingerprint density at radius 2 is 1.86 bits per heavy atom. The Balaban J connectivity index is 2.16. The molecule has 0 unspecified atom stereocenters. The van der Waals surface area contributed by atoms with Crippen molar-refractivity contribution >= 4 is 9.84 Å². The standard InChI is InChI=1S/C16H21NO4S/c1-10-5-6-14(7-11(10)2)16(18)9-22(19,20)8-15-12(3)17-21-13(15)4/h5-7,16,18H,8-9H2,1-4H3/t16-/m0/s1. The van der Waals surface area contributed by atoms with E-state index in [1.165, 1.54) is 0 Å². The average molecular weight is 323 g/mol. The highest BCUT2D eigenvalue weighted by atomic mass is 32.2. The molecule has 0 aliphatic carbocycles. The third-order valence-corrected chi connectivity index (χ3v) is 5.43. The van der Waals surface area contributed by atoms with Gasteiger partial charge in [-0.2, -0.15) is 0 Å². The molecule has 0 aliphatic heterocycles. The molecule has 0 fully saturated rings. The quantitative estimate of drug-likeness (QED) is 0.914. The number of aromatic nitrogens is 1. The summed E-state index contributed by atoms with van der Waals surface area (Å²) in [5.41, 5.74) is 3.90. The zero-order valence-corrected chi connectivity index (χ0v) is 14.1. The van der Waals surface area contributed by atoms with Crippen molar-refractivity contribution < 1.29 is 18.0 Å². The van der Waals surface area contributed by atoms with E-state index in [0.29, 0.717) is 22.6 Å². The lowest BCUT2D eigenvalue weighted by Crippen LogP contribution is -2.17. The monoisotopic (exact) mass is 323 g/mol. The average Bonchev–Trinajstić information content (AvgIpc) is 2.72. The van der Waals surface area contributed by atoms with Crippen LogP contribution in [0.5, 0.6) is 0 Å². The Morgan fingerprint density at radius 1 is 1.18 bits per heavy atom. The smallest absolute Gasteiger partial charge is 0.157 e. The summed E-state index contributed by atoms with van der Waals surface area (Å²) in [6.07, 6.45) is -1.04. The lowest BCUT2D eigenvalue weighted by molar-refractivity contribution is 0.201. The van der Waals surface area contributed by atoms with Crippen LogP contribution < -0.4 is 0 Å². The van der Waals surface area contributed by atoms with Crippen LogP contribution in [-0.4, -0.2) is 24.4 Å². The fourth-order valence-corrected chi connectivity index (χ4v) is 3.94. The highest BCUT2D eigenvalue weighted by Crippen LogP contribution is 2.22. The van der Waals surface area contributed by atoms with E-state index in [-0.39, 0.29) is 11.5 Å². The van der Waals surface area contributed by atoms with Crippen molar-refractivity contribution in [2.24, 2.45) is 0 Å². The third kappa shape index (κ3) is 3.75. The molecular formula is C16H21NO4S. The zero-order chi connectivity index (χ0) is 16.5. The van der Waals surface area contributed by atoms with Crippen LogP contribution in [0.2, 0.25) is 0 Å². The first-order chi connectivity index (χ1) is 10.2. The number of rotatable bonds is 5. The van der Waals surface area contributed by atoms with Crippen LogP contribution in [0.1, 0.15) is 39.8 Å². The molecule has 0 spiro atoms. The molecule has 1 aromatic carbocycles. The maximum atomic E-state index is 12.3.